The lowest BCUT2D eigenvalue weighted by atomic mass is 9.49. The molecule has 6 saturated heterocycles. The molecule has 31 atom stereocenters. The number of Topliss-reactive ketones (excluding diaryl/α,β-unsaturated/α-hetero) is 1. The number of carbonyl (C=O) groups is 3. The molecule has 0 aromatic carbocycles. The first-order valence-electron chi connectivity index (χ1n) is 32.7. The zero-order valence-electron chi connectivity index (χ0n) is 53.9. The molecule has 1 amide bonds. The highest BCUT2D eigenvalue weighted by molar-refractivity contribution is 6.26. The van der Waals surface area contributed by atoms with Crippen molar-refractivity contribution in [3.8, 4) is 0 Å². The van der Waals surface area contributed by atoms with Crippen LogP contribution in [-0.2, 0) is 66.5 Å². The Labute approximate surface area is 518 Å². The molecule has 7 fully saturated rings. The van der Waals surface area contributed by atoms with E-state index >= 15 is 4.79 Å². The number of hydrogen-bond donors (Lipinski definition) is 7. The van der Waals surface area contributed by atoms with Crippen LogP contribution in [0, 0.1) is 52.8 Å². The molecule has 0 aromatic rings. The van der Waals surface area contributed by atoms with Gasteiger partial charge in [-0.2, -0.15) is 0 Å². The lowest BCUT2D eigenvalue weighted by Crippen LogP contribution is -2.62. The van der Waals surface area contributed by atoms with Gasteiger partial charge in [0.1, 0.15) is 29.6 Å². The molecule has 494 valence electrons. The number of nitrogens with one attached hydrogen (secondary N) is 1. The quantitative estimate of drug-likeness (QED) is 0.0615. The maximum Gasteiger partial charge on any atom is 0.346 e. The average Bonchev–Trinajstić information content (AvgIpc) is 1.99. The van der Waals surface area contributed by atoms with Crippen molar-refractivity contribution in [2.75, 3.05) is 0 Å². The maximum atomic E-state index is 15.6. The fourth-order valence-electron chi connectivity index (χ4n) is 17.0. The van der Waals surface area contributed by atoms with Gasteiger partial charge >= 0.3 is 5.97 Å². The maximum absolute atomic E-state index is 15.6. The summed E-state index contributed by atoms with van der Waals surface area (Å²) in [6, 6.07) is -0.684. The Morgan fingerprint density at radius 1 is 0.648 bits per heavy atom. The third-order valence-corrected chi connectivity index (χ3v) is 21.6. The van der Waals surface area contributed by atoms with E-state index in [1.807, 2.05) is 53.7 Å². The number of carbonyl (C=O) groups excluding carboxylic acids is 3. The van der Waals surface area contributed by atoms with Crippen molar-refractivity contribution in [1.82, 2.24) is 5.32 Å². The van der Waals surface area contributed by atoms with Gasteiger partial charge in [0.15, 0.2) is 37.1 Å². The van der Waals surface area contributed by atoms with Crippen LogP contribution in [0.3, 0.4) is 0 Å². The molecule has 6 aliphatic heterocycles. The minimum absolute atomic E-state index is 0.0322. The van der Waals surface area contributed by atoms with Crippen LogP contribution >= 0.6 is 0 Å². The van der Waals surface area contributed by atoms with Crippen molar-refractivity contribution in [3.05, 3.63) is 58.9 Å². The largest absolute Gasteiger partial charge is 0.511 e. The highest BCUT2D eigenvalue weighted by Gasteiger charge is 2.64. The predicted octanol–water partition coefficient (Wildman–Crippen LogP) is 6.60. The predicted molar refractivity (Wildman–Crippen MR) is 318 cm³/mol. The highest BCUT2D eigenvalue weighted by Crippen LogP contribution is 2.61. The van der Waals surface area contributed by atoms with E-state index in [9.17, 15) is 40.2 Å². The first-order valence-corrected chi connectivity index (χ1v) is 32.7. The minimum Gasteiger partial charge on any atom is -0.511 e. The number of allylic oxidation sites excluding steroid dienone is 4. The van der Waals surface area contributed by atoms with Crippen molar-refractivity contribution < 1.29 is 97.1 Å². The summed E-state index contributed by atoms with van der Waals surface area (Å²) < 4.78 is 71.8. The van der Waals surface area contributed by atoms with Crippen molar-refractivity contribution in [2.24, 2.45) is 52.8 Å². The second-order valence-electron chi connectivity index (χ2n) is 28.3. The van der Waals surface area contributed by atoms with Crippen LogP contribution in [0.1, 0.15) is 155 Å². The molecule has 21 nitrogen and oxygen atoms in total. The Hall–Kier alpha value is -3.49. The molecule has 21 heteroatoms. The number of amides is 1. The minimum atomic E-state index is -1.65. The topological polar surface area (TPSA) is 286 Å². The summed E-state index contributed by atoms with van der Waals surface area (Å²) in [5.74, 6) is -4.60. The lowest BCUT2D eigenvalue weighted by Gasteiger charge is -2.57. The molecule has 2 bridgehead atoms. The van der Waals surface area contributed by atoms with E-state index in [1.165, 1.54) is 6.92 Å². The Bertz CT molecular complexity index is 2670. The Morgan fingerprint density at radius 3 is 1.92 bits per heavy atom. The van der Waals surface area contributed by atoms with Gasteiger partial charge in [0.2, 0.25) is 11.7 Å². The molecule has 10 rings (SSSR count). The van der Waals surface area contributed by atoms with Crippen LogP contribution < -0.4 is 5.32 Å². The van der Waals surface area contributed by atoms with Gasteiger partial charge in [-0.15, -0.1) is 0 Å². The van der Waals surface area contributed by atoms with E-state index in [-0.39, 0.29) is 78.9 Å². The molecule has 6 heterocycles. The van der Waals surface area contributed by atoms with Crippen molar-refractivity contribution in [3.63, 3.8) is 0 Å². The van der Waals surface area contributed by atoms with Gasteiger partial charge in [-0.25, -0.2) is 4.79 Å². The number of ether oxygens (including phenoxy) is 11. The summed E-state index contributed by atoms with van der Waals surface area (Å²) in [5, 5.41) is 71.4. The summed E-state index contributed by atoms with van der Waals surface area (Å²) in [5.41, 5.74) is -3.02. The van der Waals surface area contributed by atoms with E-state index in [0.29, 0.717) is 25.7 Å². The van der Waals surface area contributed by atoms with E-state index < -0.39 is 169 Å². The molecule has 1 saturated carbocycles. The smallest absolute Gasteiger partial charge is 0.346 e. The van der Waals surface area contributed by atoms with Gasteiger partial charge in [-0.1, -0.05) is 76.6 Å². The molecule has 4 aliphatic carbocycles. The Balaban J connectivity index is 0.913. The van der Waals surface area contributed by atoms with E-state index in [0.717, 1.165) is 11.1 Å². The number of ketones is 1. The summed E-state index contributed by atoms with van der Waals surface area (Å²) in [4.78, 5) is 42.6. The van der Waals surface area contributed by atoms with Crippen LogP contribution in [0.4, 0.5) is 0 Å². The van der Waals surface area contributed by atoms with Crippen LogP contribution in [0.5, 0.6) is 0 Å². The second kappa shape index (κ2) is 26.5. The Kier molecular flexibility index (Phi) is 20.3. The average molecular weight is 1240 g/mol. The molecular weight excluding hydrogens is 1140 g/mol. The monoisotopic (exact) mass is 1240 g/mol. The first kappa shape index (κ1) is 67.4. The van der Waals surface area contributed by atoms with Gasteiger partial charge in [-0.3, -0.25) is 9.59 Å². The summed E-state index contributed by atoms with van der Waals surface area (Å²) in [6.07, 6.45) is 0.521. The van der Waals surface area contributed by atoms with Gasteiger partial charge in [-0.05, 0) is 104 Å². The van der Waals surface area contributed by atoms with Gasteiger partial charge in [0, 0.05) is 74.5 Å². The zero-order valence-corrected chi connectivity index (χ0v) is 53.9. The number of hydrogen-bond acceptors (Lipinski definition) is 20. The molecule has 0 radical (unpaired) electrons. The van der Waals surface area contributed by atoms with Gasteiger partial charge in [0.05, 0.1) is 78.8 Å². The number of aliphatic hydroxyl groups excluding tert-OH is 5. The summed E-state index contributed by atoms with van der Waals surface area (Å²) >= 11 is 0. The number of esters is 1. The fourth-order valence-corrected chi connectivity index (χ4v) is 17.0. The molecular formula is C67H101NO20. The van der Waals surface area contributed by atoms with Crippen molar-refractivity contribution in [1.29, 1.82) is 0 Å². The lowest BCUT2D eigenvalue weighted by molar-refractivity contribution is -0.352. The number of fused-ring (bicyclic) bond motifs is 4. The highest BCUT2D eigenvalue weighted by atomic mass is 16.8. The fraction of sp³-hybridized carbons (Fsp3) is 0.806. The zero-order chi connectivity index (χ0) is 63.8. The third-order valence-electron chi connectivity index (χ3n) is 21.6. The molecule has 7 N–H and O–H groups in total. The second-order valence-corrected chi connectivity index (χ2v) is 28.3. The molecule has 0 aromatic heterocycles. The first-order chi connectivity index (χ1) is 41.4. The molecule has 88 heavy (non-hydrogen) atoms. The van der Waals surface area contributed by atoms with Crippen LogP contribution in [0.25, 0.3) is 0 Å². The van der Waals surface area contributed by atoms with Crippen LogP contribution in [-0.4, -0.2) is 182 Å². The molecule has 1 spiro atoms. The molecule has 10 aliphatic rings. The van der Waals surface area contributed by atoms with Crippen LogP contribution in [0.2, 0.25) is 0 Å². The van der Waals surface area contributed by atoms with Crippen molar-refractivity contribution in [2.45, 2.75) is 289 Å². The Morgan fingerprint density at radius 2 is 1.27 bits per heavy atom. The standard InChI is InChI=1S/C67H101NO20/c1-15-41-16-17-42-24-34(6)57(87-53-29-65(13,77)61(39(11)82-53)68-40(12)69)32(4)22-30(2)44-19-18-43-55(66(44,14)62(74)54-63(75)67(42,28-41)88-64(54)76)31(3)23-33(5)58(43)84-51-26-47(72)59(37(9)80-51)85-52-27-48(83-49-21-20-45(70)35(7)78-49)60(38(10)81-52)86-50-25-46(71)56(73)36(8)79-50/h16-19,22,24,31-33,35-39,41-53,55-61,70-74,77H,15,20-21,23,25-29H2,1-14H3,(H,68,69)/b30-22+,34-24+,62-54?. The number of aliphatic hydroxyl groups is 6. The molecule has 31 unspecified atom stereocenters. The SMILES string of the molecule is CCC1C=CC2/C=C(\C)C(OC3CC(C)(O)C(NC(C)=O)C(C)O3)C(C)/C=C(\C)C3C=CC4C(OC5CC(O)C(OC6CC(OC7CCC(O)C(C)O7)C(OC7CC(O)C(O)C(C)O7)C(C)O6)C(C)O5)C(C)CC(C)C4C3(C)C(O)=C3C(=O)OC2(C1)C3=O. The van der Waals surface area contributed by atoms with Crippen molar-refractivity contribution >= 4 is 17.7 Å². The van der Waals surface area contributed by atoms with E-state index in [4.69, 9.17) is 52.1 Å². The van der Waals surface area contributed by atoms with Crippen LogP contribution in [0.15, 0.2) is 58.9 Å². The third kappa shape index (κ3) is 13.1. The van der Waals surface area contributed by atoms with E-state index in [1.54, 1.807) is 27.7 Å². The van der Waals surface area contributed by atoms with Gasteiger partial charge in [0.25, 0.3) is 0 Å². The number of rotatable bonds is 12. The summed E-state index contributed by atoms with van der Waals surface area (Å²) in [7, 11) is 0. The van der Waals surface area contributed by atoms with E-state index in [2.05, 4.69) is 50.4 Å². The summed E-state index contributed by atoms with van der Waals surface area (Å²) in [6.45, 7) is 26.2. The normalized spacial score (nSPS) is 51.2. The van der Waals surface area contributed by atoms with Gasteiger partial charge < -0.3 is 88.1 Å².